The average Bonchev–Trinajstić information content (AvgIpc) is 2.88. The van der Waals surface area contributed by atoms with Crippen LogP contribution in [0.3, 0.4) is 0 Å². The van der Waals surface area contributed by atoms with E-state index in [2.05, 4.69) is 4.98 Å². The van der Waals surface area contributed by atoms with Gasteiger partial charge < -0.3 is 10.7 Å². The van der Waals surface area contributed by atoms with Crippen LogP contribution in [0.5, 0.6) is 0 Å². The molecule has 5 nitrogen and oxygen atoms in total. The minimum absolute atomic E-state index is 0.0646. The van der Waals surface area contributed by atoms with Gasteiger partial charge >= 0.3 is 0 Å². The monoisotopic (exact) mass is 378 g/mol. The van der Waals surface area contributed by atoms with Crippen molar-refractivity contribution >= 4 is 26.6 Å². The summed E-state index contributed by atoms with van der Waals surface area (Å²) in [6.07, 6.45) is -0.449. The summed E-state index contributed by atoms with van der Waals surface area (Å²) in [4.78, 5) is 13.5. The number of carbonyl (C=O) groups is 1. The van der Waals surface area contributed by atoms with Crippen LogP contribution >= 0.6 is 0 Å². The van der Waals surface area contributed by atoms with E-state index >= 15 is 0 Å². The number of primary amides is 1. The summed E-state index contributed by atoms with van der Waals surface area (Å²) in [6, 6.07) is 6.77. The maximum Gasteiger partial charge on any atom is 0.223 e. The van der Waals surface area contributed by atoms with Gasteiger partial charge in [0, 0.05) is 5.69 Å². The second-order valence-corrected chi connectivity index (χ2v) is 8.07. The Hall–Kier alpha value is -2.74. The summed E-state index contributed by atoms with van der Waals surface area (Å²) < 4.78 is 54.6. The topological polar surface area (TPSA) is 93.0 Å². The molecule has 3 rings (SSSR count). The van der Waals surface area contributed by atoms with Gasteiger partial charge in [0.05, 0.1) is 22.2 Å². The number of carbonyl (C=O) groups excluding carboxylic acids is 1. The number of hydrogen-bond acceptors (Lipinski definition) is 3. The number of amides is 1. The number of aryl methyl sites for hydroxylation is 2. The molecule has 0 saturated heterocycles. The summed E-state index contributed by atoms with van der Waals surface area (Å²) in [5, 5.41) is -0.416. The maximum atomic E-state index is 14.4. The first kappa shape index (κ1) is 18.1. The van der Waals surface area contributed by atoms with Crippen LogP contribution in [-0.2, 0) is 21.1 Å². The number of H-pyrrole nitrogens is 1. The van der Waals surface area contributed by atoms with Crippen LogP contribution in [0.2, 0.25) is 0 Å². The van der Waals surface area contributed by atoms with Gasteiger partial charge in [0.1, 0.15) is 4.90 Å². The van der Waals surface area contributed by atoms with Gasteiger partial charge in [0.15, 0.2) is 11.6 Å². The Labute approximate surface area is 148 Å². The molecule has 0 bridgehead atoms. The van der Waals surface area contributed by atoms with E-state index in [1.54, 1.807) is 19.9 Å². The number of halogens is 2. The molecule has 0 spiro atoms. The molecule has 8 heteroatoms. The maximum absolute atomic E-state index is 14.4. The molecule has 3 aromatic rings. The standard InChI is InChI=1S/C18H16F2N2O3S/c1-9-5-10(2)7-11(6-9)26(24,25)18-14(8-15(21)23)22-13-4-3-12(19)17(20)16(13)18/h3-7,22H,8H2,1-2H3,(H2,21,23). The fourth-order valence-corrected chi connectivity index (χ4v) is 4.88. The molecule has 0 fully saturated rings. The van der Waals surface area contributed by atoms with Crippen LogP contribution in [0.1, 0.15) is 16.8 Å². The number of rotatable bonds is 4. The van der Waals surface area contributed by atoms with Crippen molar-refractivity contribution in [2.75, 3.05) is 0 Å². The van der Waals surface area contributed by atoms with Crippen LogP contribution in [0, 0.1) is 25.5 Å². The van der Waals surface area contributed by atoms with Gasteiger partial charge in [-0.1, -0.05) is 6.07 Å². The van der Waals surface area contributed by atoms with Crippen molar-refractivity contribution < 1.29 is 22.0 Å². The Kier molecular flexibility index (Phi) is 4.31. The molecule has 0 aliphatic carbocycles. The molecule has 0 radical (unpaired) electrons. The molecular weight excluding hydrogens is 362 g/mol. The fraction of sp³-hybridized carbons (Fsp3) is 0.167. The third-order valence-electron chi connectivity index (χ3n) is 4.01. The molecule has 0 saturated carbocycles. The minimum Gasteiger partial charge on any atom is -0.369 e. The molecule has 1 aromatic heterocycles. The van der Waals surface area contributed by atoms with E-state index in [4.69, 9.17) is 5.73 Å². The van der Waals surface area contributed by atoms with Crippen molar-refractivity contribution in [1.29, 1.82) is 0 Å². The molecule has 1 amide bonds. The van der Waals surface area contributed by atoms with E-state index in [1.807, 2.05) is 0 Å². The Morgan fingerprint density at radius 2 is 1.73 bits per heavy atom. The van der Waals surface area contributed by atoms with Crippen molar-refractivity contribution in [2.24, 2.45) is 5.73 Å². The first-order valence-corrected chi connectivity index (χ1v) is 9.20. The van der Waals surface area contributed by atoms with Crippen molar-refractivity contribution in [1.82, 2.24) is 4.98 Å². The van der Waals surface area contributed by atoms with Crippen LogP contribution in [0.15, 0.2) is 40.1 Å². The van der Waals surface area contributed by atoms with Gasteiger partial charge in [-0.3, -0.25) is 4.79 Å². The van der Waals surface area contributed by atoms with E-state index in [1.165, 1.54) is 18.2 Å². The molecule has 2 aromatic carbocycles. The molecule has 0 aliphatic rings. The number of benzene rings is 2. The number of aromatic nitrogens is 1. The third kappa shape index (κ3) is 2.96. The van der Waals surface area contributed by atoms with Crippen LogP contribution in [0.4, 0.5) is 8.78 Å². The lowest BCUT2D eigenvalue weighted by Crippen LogP contribution is -2.16. The molecular formula is C18H16F2N2O3S. The van der Waals surface area contributed by atoms with Gasteiger partial charge in [-0.05, 0) is 49.2 Å². The number of sulfone groups is 1. The van der Waals surface area contributed by atoms with E-state index in [0.717, 1.165) is 6.07 Å². The van der Waals surface area contributed by atoms with E-state index < -0.39 is 44.1 Å². The summed E-state index contributed by atoms with van der Waals surface area (Å²) in [5.41, 5.74) is 6.59. The van der Waals surface area contributed by atoms with Crippen molar-refractivity contribution in [3.8, 4) is 0 Å². The Balaban J connectivity index is 2.41. The van der Waals surface area contributed by atoms with Gasteiger partial charge in [-0.25, -0.2) is 17.2 Å². The number of nitrogens with two attached hydrogens (primary N) is 1. The smallest absolute Gasteiger partial charge is 0.223 e. The fourth-order valence-electron chi connectivity index (χ4n) is 3.05. The quantitative estimate of drug-likeness (QED) is 0.731. The second-order valence-electron chi connectivity index (χ2n) is 6.19. The average molecular weight is 378 g/mol. The predicted octanol–water partition coefficient (Wildman–Crippen LogP) is 2.92. The van der Waals surface area contributed by atoms with Crippen LogP contribution in [-0.4, -0.2) is 19.3 Å². The lowest BCUT2D eigenvalue weighted by Gasteiger charge is -2.09. The third-order valence-corrected chi connectivity index (χ3v) is 5.85. The Bertz CT molecular complexity index is 1130. The zero-order valence-corrected chi connectivity index (χ0v) is 14.9. The minimum atomic E-state index is -4.23. The highest BCUT2D eigenvalue weighted by molar-refractivity contribution is 7.91. The van der Waals surface area contributed by atoms with Gasteiger partial charge in [-0.2, -0.15) is 0 Å². The highest BCUT2D eigenvalue weighted by atomic mass is 32.2. The largest absolute Gasteiger partial charge is 0.369 e. The number of nitrogens with one attached hydrogen (secondary N) is 1. The molecule has 0 unspecified atom stereocenters. The number of fused-ring (bicyclic) bond motifs is 1. The summed E-state index contributed by atoms with van der Waals surface area (Å²) in [6.45, 7) is 3.46. The van der Waals surface area contributed by atoms with Crippen LogP contribution < -0.4 is 5.73 Å². The molecule has 0 atom stereocenters. The number of hydrogen-bond donors (Lipinski definition) is 2. The highest BCUT2D eigenvalue weighted by Gasteiger charge is 2.30. The summed E-state index contributed by atoms with van der Waals surface area (Å²) >= 11 is 0. The van der Waals surface area contributed by atoms with E-state index in [9.17, 15) is 22.0 Å². The first-order chi connectivity index (χ1) is 12.1. The number of aromatic amines is 1. The van der Waals surface area contributed by atoms with E-state index in [-0.39, 0.29) is 16.1 Å². The predicted molar refractivity (Wildman–Crippen MR) is 92.5 cm³/mol. The molecule has 3 N–H and O–H groups in total. The molecule has 0 aliphatic heterocycles. The zero-order chi connectivity index (χ0) is 19.2. The van der Waals surface area contributed by atoms with Gasteiger partial charge in [0.2, 0.25) is 15.7 Å². The van der Waals surface area contributed by atoms with Gasteiger partial charge in [0.25, 0.3) is 0 Å². The summed E-state index contributed by atoms with van der Waals surface area (Å²) in [5.74, 6) is -3.27. The van der Waals surface area contributed by atoms with Crippen LogP contribution in [0.25, 0.3) is 10.9 Å². The zero-order valence-electron chi connectivity index (χ0n) is 14.1. The van der Waals surface area contributed by atoms with Crippen molar-refractivity contribution in [3.63, 3.8) is 0 Å². The molecule has 26 heavy (non-hydrogen) atoms. The first-order valence-electron chi connectivity index (χ1n) is 7.71. The van der Waals surface area contributed by atoms with Gasteiger partial charge in [-0.15, -0.1) is 0 Å². The van der Waals surface area contributed by atoms with Crippen molar-refractivity contribution in [2.45, 2.75) is 30.1 Å². The lowest BCUT2D eigenvalue weighted by atomic mass is 10.2. The Morgan fingerprint density at radius 3 is 2.31 bits per heavy atom. The van der Waals surface area contributed by atoms with Crippen molar-refractivity contribution in [3.05, 3.63) is 58.8 Å². The molecule has 136 valence electrons. The Morgan fingerprint density at radius 1 is 1.12 bits per heavy atom. The van der Waals surface area contributed by atoms with E-state index in [0.29, 0.717) is 11.1 Å². The normalized spacial score (nSPS) is 11.8. The SMILES string of the molecule is Cc1cc(C)cc(S(=O)(=O)c2c(CC(N)=O)[nH]c3ccc(F)c(F)c23)c1. The highest BCUT2D eigenvalue weighted by Crippen LogP contribution is 2.35. The summed E-state index contributed by atoms with van der Waals surface area (Å²) in [7, 11) is -4.23. The molecule has 1 heterocycles. The second kappa shape index (κ2) is 6.21. The lowest BCUT2D eigenvalue weighted by molar-refractivity contribution is -0.117.